The van der Waals surface area contributed by atoms with Gasteiger partial charge in [0.25, 0.3) is 0 Å². The zero-order valence-corrected chi connectivity index (χ0v) is 20.3. The molecule has 1 aliphatic heterocycles. The van der Waals surface area contributed by atoms with Crippen LogP contribution in [0.25, 0.3) is 0 Å². The number of nitrogens with zero attached hydrogens (tertiary/aromatic N) is 2. The van der Waals surface area contributed by atoms with Crippen LogP contribution in [-0.4, -0.2) is 18.4 Å². The van der Waals surface area contributed by atoms with Gasteiger partial charge in [-0.05, 0) is 48.1 Å². The van der Waals surface area contributed by atoms with Gasteiger partial charge in [-0.15, -0.1) is 4.59 Å². The fourth-order valence-electron chi connectivity index (χ4n) is 4.54. The minimum Gasteiger partial charge on any atom is -0.326 e. The molecule has 3 aromatic carbocycles. The summed E-state index contributed by atoms with van der Waals surface area (Å²) < 4.78 is 40.7. The van der Waals surface area contributed by atoms with Crippen LogP contribution in [0.1, 0.15) is 35.6 Å². The van der Waals surface area contributed by atoms with Gasteiger partial charge in [-0.2, -0.15) is 13.2 Å². The average Bonchev–Trinajstić information content (AvgIpc) is 3.59. The van der Waals surface area contributed by atoms with Crippen molar-refractivity contribution in [3.05, 3.63) is 107 Å². The highest BCUT2D eigenvalue weighted by Crippen LogP contribution is 2.42. The smallest absolute Gasteiger partial charge is 0.326 e. The molecule has 4 nitrogen and oxygen atoms in total. The molecule has 36 heavy (non-hydrogen) atoms. The third-order valence-electron chi connectivity index (χ3n) is 6.66. The lowest BCUT2D eigenvalue weighted by Crippen LogP contribution is -2.32. The Labute approximate surface area is 213 Å². The molecule has 0 bridgehead atoms. The van der Waals surface area contributed by atoms with E-state index in [0.717, 1.165) is 29.3 Å². The van der Waals surface area contributed by atoms with Crippen molar-refractivity contribution >= 4 is 28.7 Å². The number of nitrogens with two attached hydrogens (primary N) is 1. The molecule has 1 aliphatic carbocycles. The van der Waals surface area contributed by atoms with Crippen molar-refractivity contribution in [2.24, 2.45) is 16.8 Å². The Morgan fingerprint density at radius 2 is 1.72 bits per heavy atom. The first-order chi connectivity index (χ1) is 17.3. The summed E-state index contributed by atoms with van der Waals surface area (Å²) in [5.41, 5.74) is 8.70. The molecule has 0 radical (unpaired) electrons. The fourth-order valence-corrected chi connectivity index (χ4v) is 4.78. The second kappa shape index (κ2) is 9.82. The molecule has 0 aromatic heterocycles. The predicted octanol–water partition coefficient (Wildman–Crippen LogP) is 6.97. The van der Waals surface area contributed by atoms with Crippen LogP contribution in [-0.2, 0) is 6.54 Å². The first kappa shape index (κ1) is 24.7. The van der Waals surface area contributed by atoms with E-state index in [4.69, 9.17) is 17.3 Å². The van der Waals surface area contributed by atoms with Gasteiger partial charge < -0.3 is 11.1 Å². The predicted molar refractivity (Wildman–Crippen MR) is 139 cm³/mol. The van der Waals surface area contributed by atoms with E-state index in [1.807, 2.05) is 48.5 Å². The zero-order valence-electron chi connectivity index (χ0n) is 19.5. The van der Waals surface area contributed by atoms with Gasteiger partial charge in [-0.25, -0.2) is 0 Å². The summed E-state index contributed by atoms with van der Waals surface area (Å²) in [5, 5.41) is 8.48. The number of halogens is 4. The summed E-state index contributed by atoms with van der Waals surface area (Å²) in [5.74, 6) is 0.635. The van der Waals surface area contributed by atoms with Crippen LogP contribution in [0.4, 0.5) is 24.5 Å². The summed E-state index contributed by atoms with van der Waals surface area (Å²) in [6.45, 7) is 1.11. The molecule has 1 heterocycles. The van der Waals surface area contributed by atoms with Crippen LogP contribution in [0, 0.1) is 5.92 Å². The van der Waals surface area contributed by atoms with E-state index in [0.29, 0.717) is 22.3 Å². The van der Waals surface area contributed by atoms with Crippen molar-refractivity contribution in [2.75, 3.05) is 6.54 Å². The van der Waals surface area contributed by atoms with Crippen molar-refractivity contribution in [1.82, 2.24) is 9.91 Å². The van der Waals surface area contributed by atoms with Crippen molar-refractivity contribution in [1.29, 1.82) is 0 Å². The van der Waals surface area contributed by atoms with Crippen molar-refractivity contribution in [2.45, 2.75) is 31.6 Å². The topological polar surface area (TPSA) is 50.4 Å². The van der Waals surface area contributed by atoms with Gasteiger partial charge in [0.05, 0.1) is 6.04 Å². The monoisotopic (exact) mass is 511 g/mol. The Hall–Kier alpha value is -2.97. The Kier molecular flexibility index (Phi) is 6.74. The molecule has 0 saturated heterocycles. The third kappa shape index (κ3) is 4.97. The van der Waals surface area contributed by atoms with E-state index in [9.17, 15) is 13.2 Å². The van der Waals surface area contributed by atoms with Gasteiger partial charge >= 0.3 is 6.18 Å². The molecule has 0 spiro atoms. The standard InChI is InChI=1S/C28H27ClF3N4/c29-25-10-2-1-9-24(25)27(34-18-19-11-12-19)21-6-4-8-23(16-21)36(14-13-26(35-36)28(30,31)32)22-7-3-5-20(15-22)17-33/h1-10,13-16,19,27,34H,11-12,17-18,33H2/q+1. The highest BCUT2D eigenvalue weighted by Gasteiger charge is 2.46. The minimum atomic E-state index is -4.56. The van der Waals surface area contributed by atoms with Gasteiger partial charge in [0.1, 0.15) is 6.20 Å². The number of nitrogens with one attached hydrogen (secondary N) is 1. The van der Waals surface area contributed by atoms with Gasteiger partial charge in [0.15, 0.2) is 11.4 Å². The average molecular weight is 512 g/mol. The number of allylic oxidation sites excluding steroid dienone is 1. The summed E-state index contributed by atoms with van der Waals surface area (Å²) >= 11 is 6.58. The largest absolute Gasteiger partial charge is 0.438 e. The molecule has 3 aromatic rings. The number of alkyl halides is 3. The molecule has 3 N–H and O–H groups in total. The summed E-state index contributed by atoms with van der Waals surface area (Å²) in [7, 11) is 0. The number of hydrogen-bond donors (Lipinski definition) is 2. The maximum atomic E-state index is 13.7. The molecular formula is C28H27ClF3N4+. The second-order valence-corrected chi connectivity index (χ2v) is 9.67. The number of rotatable bonds is 8. The van der Waals surface area contributed by atoms with Gasteiger partial charge in [0, 0.05) is 41.9 Å². The van der Waals surface area contributed by atoms with E-state index >= 15 is 0 Å². The van der Waals surface area contributed by atoms with E-state index in [1.165, 1.54) is 19.0 Å². The summed E-state index contributed by atoms with van der Waals surface area (Å²) in [6.07, 6.45) is 0.336. The molecule has 2 unspecified atom stereocenters. The maximum Gasteiger partial charge on any atom is 0.438 e. The van der Waals surface area contributed by atoms with Crippen LogP contribution in [0.15, 0.2) is 90.2 Å². The molecule has 1 fully saturated rings. The first-order valence-corrected chi connectivity index (χ1v) is 12.3. The Bertz CT molecular complexity index is 1320. The lowest BCUT2D eigenvalue weighted by molar-refractivity contribution is -0.0580. The van der Waals surface area contributed by atoms with Gasteiger partial charge in [-0.1, -0.05) is 59.2 Å². The molecule has 1 saturated carbocycles. The molecule has 0 amide bonds. The molecular weight excluding hydrogens is 485 g/mol. The maximum absolute atomic E-state index is 13.7. The highest BCUT2D eigenvalue weighted by atomic mass is 35.5. The molecule has 8 heteroatoms. The normalized spacial score (nSPS) is 20.4. The molecule has 2 atom stereocenters. The van der Waals surface area contributed by atoms with E-state index in [2.05, 4.69) is 10.4 Å². The van der Waals surface area contributed by atoms with Gasteiger partial charge in [-0.3, -0.25) is 0 Å². The molecule has 2 aliphatic rings. The van der Waals surface area contributed by atoms with Crippen molar-refractivity contribution in [3.8, 4) is 0 Å². The second-order valence-electron chi connectivity index (χ2n) is 9.26. The van der Waals surface area contributed by atoms with E-state index < -0.39 is 16.5 Å². The minimum absolute atomic E-state index is 0.215. The van der Waals surface area contributed by atoms with Crippen LogP contribution >= 0.6 is 11.6 Å². The SMILES string of the molecule is NCc1cccc([N+]2(c3cccc(C(NCC4CC4)c4ccccc4Cl)c3)C=CC(C(F)(F)F)=N2)c1. The van der Waals surface area contributed by atoms with E-state index in [1.54, 1.807) is 24.3 Å². The number of hydrogen-bond acceptors (Lipinski definition) is 3. The third-order valence-corrected chi connectivity index (χ3v) is 7.01. The van der Waals surface area contributed by atoms with Crippen LogP contribution in [0.5, 0.6) is 0 Å². The van der Waals surface area contributed by atoms with Crippen molar-refractivity contribution in [3.63, 3.8) is 0 Å². The lowest BCUT2D eigenvalue weighted by Gasteiger charge is -2.27. The van der Waals surface area contributed by atoms with E-state index in [-0.39, 0.29) is 12.6 Å². The Morgan fingerprint density at radius 1 is 1.00 bits per heavy atom. The number of benzene rings is 3. The molecule has 5 rings (SSSR count). The van der Waals surface area contributed by atoms with Crippen LogP contribution < -0.4 is 15.6 Å². The summed E-state index contributed by atoms with van der Waals surface area (Å²) in [6, 6.07) is 22.2. The first-order valence-electron chi connectivity index (χ1n) is 11.9. The van der Waals surface area contributed by atoms with Gasteiger partial charge in [0.2, 0.25) is 5.71 Å². The van der Waals surface area contributed by atoms with Crippen LogP contribution in [0.2, 0.25) is 5.02 Å². The summed E-state index contributed by atoms with van der Waals surface area (Å²) in [4.78, 5) is 0. The van der Waals surface area contributed by atoms with Crippen LogP contribution in [0.3, 0.4) is 0 Å². The Balaban J connectivity index is 1.63. The number of quaternary nitrogens is 1. The lowest BCUT2D eigenvalue weighted by atomic mass is 9.97. The molecule has 186 valence electrons. The zero-order chi connectivity index (χ0) is 25.3. The fraction of sp³-hybridized carbons (Fsp3) is 0.250. The Morgan fingerprint density at radius 3 is 2.39 bits per heavy atom. The highest BCUT2D eigenvalue weighted by molar-refractivity contribution is 6.31. The van der Waals surface area contributed by atoms with Crippen molar-refractivity contribution < 1.29 is 13.2 Å². The quantitative estimate of drug-likeness (QED) is 0.321.